The first-order valence-corrected chi connectivity index (χ1v) is 5.72. The maximum atomic E-state index is 11.9. The van der Waals surface area contributed by atoms with Crippen LogP contribution in [0.4, 0.5) is 0 Å². The van der Waals surface area contributed by atoms with Crippen molar-refractivity contribution in [3.05, 3.63) is 71.8 Å². The zero-order chi connectivity index (χ0) is 12.8. The first-order valence-electron chi connectivity index (χ1n) is 5.72. The van der Waals surface area contributed by atoms with E-state index in [1.165, 1.54) is 0 Å². The van der Waals surface area contributed by atoms with Gasteiger partial charge in [-0.2, -0.15) is 0 Å². The Bertz CT molecular complexity index is 556. The van der Waals surface area contributed by atoms with Crippen molar-refractivity contribution in [2.45, 2.75) is 0 Å². The van der Waals surface area contributed by atoms with Gasteiger partial charge in [0.1, 0.15) is 5.75 Å². The highest BCUT2D eigenvalue weighted by Crippen LogP contribution is 2.18. The predicted molar refractivity (Wildman–Crippen MR) is 72.8 cm³/mol. The van der Waals surface area contributed by atoms with Crippen molar-refractivity contribution in [3.63, 3.8) is 0 Å². The monoisotopic (exact) mass is 238 g/mol. The lowest BCUT2D eigenvalue weighted by atomic mass is 10.1. The quantitative estimate of drug-likeness (QED) is 0.601. The molecule has 0 spiro atoms. The van der Waals surface area contributed by atoms with Gasteiger partial charge in [-0.3, -0.25) is 4.79 Å². The summed E-state index contributed by atoms with van der Waals surface area (Å²) in [4.78, 5) is 11.9. The zero-order valence-electron chi connectivity index (χ0n) is 10.2. The van der Waals surface area contributed by atoms with E-state index in [0.717, 1.165) is 11.3 Å². The minimum Gasteiger partial charge on any atom is -0.496 e. The number of allylic oxidation sites excluding steroid dienone is 1. The number of benzene rings is 2. The summed E-state index contributed by atoms with van der Waals surface area (Å²) in [5.41, 5.74) is 1.58. The maximum Gasteiger partial charge on any atom is 0.185 e. The largest absolute Gasteiger partial charge is 0.496 e. The Morgan fingerprint density at radius 1 is 1.00 bits per heavy atom. The van der Waals surface area contributed by atoms with Crippen LogP contribution >= 0.6 is 0 Å². The number of ketones is 1. The number of carbonyl (C=O) groups excluding carboxylic acids is 1. The van der Waals surface area contributed by atoms with Crippen LogP contribution in [-0.2, 0) is 0 Å². The third kappa shape index (κ3) is 2.86. The van der Waals surface area contributed by atoms with Gasteiger partial charge < -0.3 is 4.74 Å². The summed E-state index contributed by atoms with van der Waals surface area (Å²) in [6, 6.07) is 16.8. The molecular weight excluding hydrogens is 224 g/mol. The van der Waals surface area contributed by atoms with Crippen molar-refractivity contribution >= 4 is 11.9 Å². The van der Waals surface area contributed by atoms with Gasteiger partial charge in [-0.15, -0.1) is 0 Å². The van der Waals surface area contributed by atoms with Crippen LogP contribution in [0, 0.1) is 0 Å². The van der Waals surface area contributed by atoms with Crippen LogP contribution in [0.2, 0.25) is 0 Å². The summed E-state index contributed by atoms with van der Waals surface area (Å²) in [5.74, 6) is 0.746. The molecular formula is C16H14O2. The summed E-state index contributed by atoms with van der Waals surface area (Å²) in [6.45, 7) is 0. The summed E-state index contributed by atoms with van der Waals surface area (Å²) < 4.78 is 5.22. The molecule has 0 bridgehead atoms. The second kappa shape index (κ2) is 5.82. The molecule has 0 unspecified atom stereocenters. The number of para-hydroxylation sites is 1. The fourth-order valence-corrected chi connectivity index (χ4v) is 1.67. The Balaban J connectivity index is 2.19. The molecule has 0 aromatic heterocycles. The molecule has 2 aromatic rings. The minimum atomic E-state index is -0.0125. The minimum absolute atomic E-state index is 0.0125. The van der Waals surface area contributed by atoms with Gasteiger partial charge in [0.05, 0.1) is 7.11 Å². The predicted octanol–water partition coefficient (Wildman–Crippen LogP) is 3.59. The Labute approximate surface area is 107 Å². The van der Waals surface area contributed by atoms with E-state index in [1.54, 1.807) is 31.4 Å². The smallest absolute Gasteiger partial charge is 0.185 e. The van der Waals surface area contributed by atoms with Crippen LogP contribution in [0.3, 0.4) is 0 Å². The lowest BCUT2D eigenvalue weighted by Gasteiger charge is -2.03. The fraction of sp³-hybridized carbons (Fsp3) is 0.0625. The highest BCUT2D eigenvalue weighted by Gasteiger charge is 2.01. The van der Waals surface area contributed by atoms with E-state index < -0.39 is 0 Å². The molecule has 0 fully saturated rings. The highest BCUT2D eigenvalue weighted by molar-refractivity contribution is 6.06. The van der Waals surface area contributed by atoms with Crippen molar-refractivity contribution in [2.75, 3.05) is 7.11 Å². The van der Waals surface area contributed by atoms with Gasteiger partial charge >= 0.3 is 0 Å². The van der Waals surface area contributed by atoms with Crippen molar-refractivity contribution in [3.8, 4) is 5.75 Å². The molecule has 0 atom stereocenters. The SMILES string of the molecule is COc1ccccc1/C=C/C(=O)c1ccccc1. The standard InChI is InChI=1S/C16H14O2/c1-18-16-10-6-5-9-14(16)11-12-15(17)13-7-3-2-4-8-13/h2-12H,1H3/b12-11+. The molecule has 0 saturated carbocycles. The molecule has 90 valence electrons. The van der Waals surface area contributed by atoms with E-state index in [9.17, 15) is 4.79 Å². The van der Waals surface area contributed by atoms with E-state index in [4.69, 9.17) is 4.74 Å². The molecule has 0 aliphatic rings. The number of hydrogen-bond acceptors (Lipinski definition) is 2. The van der Waals surface area contributed by atoms with Crippen LogP contribution in [0.25, 0.3) is 6.08 Å². The number of ether oxygens (including phenoxy) is 1. The van der Waals surface area contributed by atoms with Crippen LogP contribution in [-0.4, -0.2) is 12.9 Å². The molecule has 0 N–H and O–H groups in total. The Hall–Kier alpha value is -2.35. The van der Waals surface area contributed by atoms with Gasteiger partial charge in [0.2, 0.25) is 0 Å². The lowest BCUT2D eigenvalue weighted by Crippen LogP contribution is -1.93. The van der Waals surface area contributed by atoms with Gasteiger partial charge in [0.25, 0.3) is 0 Å². The Kier molecular flexibility index (Phi) is 3.92. The first kappa shape index (κ1) is 12.1. The van der Waals surface area contributed by atoms with E-state index in [1.807, 2.05) is 42.5 Å². The normalized spacial score (nSPS) is 10.5. The van der Waals surface area contributed by atoms with Crippen molar-refractivity contribution < 1.29 is 9.53 Å². The summed E-state index contributed by atoms with van der Waals surface area (Å²) in [5, 5.41) is 0. The first-order chi connectivity index (χ1) is 8.81. The van der Waals surface area contributed by atoms with Crippen LogP contribution in [0.15, 0.2) is 60.7 Å². The van der Waals surface area contributed by atoms with E-state index in [-0.39, 0.29) is 5.78 Å². The van der Waals surface area contributed by atoms with Crippen molar-refractivity contribution in [1.82, 2.24) is 0 Å². The summed E-state index contributed by atoms with van der Waals surface area (Å²) in [6.07, 6.45) is 3.33. The van der Waals surface area contributed by atoms with E-state index in [2.05, 4.69) is 0 Å². The molecule has 0 aliphatic heterocycles. The molecule has 2 heteroatoms. The van der Waals surface area contributed by atoms with Crippen molar-refractivity contribution in [2.24, 2.45) is 0 Å². The number of rotatable bonds is 4. The molecule has 0 heterocycles. The van der Waals surface area contributed by atoms with E-state index in [0.29, 0.717) is 5.56 Å². The fourth-order valence-electron chi connectivity index (χ4n) is 1.67. The van der Waals surface area contributed by atoms with Crippen LogP contribution < -0.4 is 4.74 Å². The maximum absolute atomic E-state index is 11.9. The van der Waals surface area contributed by atoms with Crippen molar-refractivity contribution in [1.29, 1.82) is 0 Å². The summed E-state index contributed by atoms with van der Waals surface area (Å²) >= 11 is 0. The second-order valence-electron chi connectivity index (χ2n) is 3.81. The second-order valence-corrected chi connectivity index (χ2v) is 3.81. The lowest BCUT2D eigenvalue weighted by molar-refractivity contribution is 0.104. The third-order valence-corrected chi connectivity index (χ3v) is 2.61. The van der Waals surface area contributed by atoms with Gasteiger partial charge in [0.15, 0.2) is 5.78 Å². The average molecular weight is 238 g/mol. The molecule has 0 radical (unpaired) electrons. The molecule has 0 aliphatic carbocycles. The molecule has 0 saturated heterocycles. The number of hydrogen-bond donors (Lipinski definition) is 0. The third-order valence-electron chi connectivity index (χ3n) is 2.61. The van der Waals surface area contributed by atoms with Crippen LogP contribution in [0.1, 0.15) is 15.9 Å². The molecule has 18 heavy (non-hydrogen) atoms. The van der Waals surface area contributed by atoms with Crippen LogP contribution in [0.5, 0.6) is 5.75 Å². The molecule has 0 amide bonds. The number of carbonyl (C=O) groups is 1. The van der Waals surface area contributed by atoms with Gasteiger partial charge in [0, 0.05) is 11.1 Å². The zero-order valence-corrected chi connectivity index (χ0v) is 10.2. The number of methoxy groups -OCH3 is 1. The molecule has 2 aromatic carbocycles. The van der Waals surface area contributed by atoms with Gasteiger partial charge in [-0.1, -0.05) is 48.5 Å². The topological polar surface area (TPSA) is 26.3 Å². The van der Waals surface area contributed by atoms with E-state index >= 15 is 0 Å². The summed E-state index contributed by atoms with van der Waals surface area (Å²) in [7, 11) is 1.62. The van der Waals surface area contributed by atoms with Gasteiger partial charge in [-0.05, 0) is 18.2 Å². The average Bonchev–Trinajstić information content (AvgIpc) is 2.46. The Morgan fingerprint density at radius 3 is 2.39 bits per heavy atom. The highest BCUT2D eigenvalue weighted by atomic mass is 16.5. The van der Waals surface area contributed by atoms with Gasteiger partial charge in [-0.25, -0.2) is 0 Å². The Morgan fingerprint density at radius 2 is 1.67 bits per heavy atom. The molecule has 2 rings (SSSR count). The molecule has 2 nitrogen and oxygen atoms in total.